The van der Waals surface area contributed by atoms with Crippen LogP contribution in [0, 0.1) is 0 Å². The van der Waals surface area contributed by atoms with Gasteiger partial charge in [0, 0.05) is 11.8 Å². The highest BCUT2D eigenvalue weighted by Gasteiger charge is 2.31. The summed E-state index contributed by atoms with van der Waals surface area (Å²) in [4.78, 5) is 4.09. The van der Waals surface area contributed by atoms with Crippen molar-refractivity contribution >= 4 is 0 Å². The van der Waals surface area contributed by atoms with Crippen molar-refractivity contribution < 1.29 is 9.84 Å². The van der Waals surface area contributed by atoms with Crippen LogP contribution < -0.4 is 4.74 Å². The van der Waals surface area contributed by atoms with Gasteiger partial charge in [-0.3, -0.25) is 4.98 Å². The van der Waals surface area contributed by atoms with Crippen molar-refractivity contribution in [2.45, 2.75) is 37.7 Å². The molecule has 15 heavy (non-hydrogen) atoms. The van der Waals surface area contributed by atoms with E-state index in [1.807, 2.05) is 6.07 Å². The zero-order valence-corrected chi connectivity index (χ0v) is 9.07. The van der Waals surface area contributed by atoms with Gasteiger partial charge in [0.2, 0.25) is 0 Å². The molecule has 1 N–H and O–H groups in total. The Morgan fingerprint density at radius 2 is 2.00 bits per heavy atom. The number of rotatable bonds is 2. The second-order valence-electron chi connectivity index (χ2n) is 4.21. The molecule has 0 unspecified atom stereocenters. The molecule has 0 bridgehead atoms. The van der Waals surface area contributed by atoms with Gasteiger partial charge in [-0.1, -0.05) is 19.3 Å². The first-order valence-corrected chi connectivity index (χ1v) is 5.46. The van der Waals surface area contributed by atoms with Crippen LogP contribution >= 0.6 is 0 Å². The molecule has 1 fully saturated rings. The number of hydrogen-bond donors (Lipinski definition) is 1. The predicted molar refractivity (Wildman–Crippen MR) is 57.8 cm³/mol. The molecule has 1 aliphatic rings. The first kappa shape index (κ1) is 10.4. The molecular weight excluding hydrogens is 190 g/mol. The molecule has 0 spiro atoms. The maximum absolute atomic E-state index is 10.5. The van der Waals surface area contributed by atoms with Gasteiger partial charge in [0.05, 0.1) is 18.9 Å². The van der Waals surface area contributed by atoms with E-state index in [2.05, 4.69) is 4.98 Å². The maximum Gasteiger partial charge on any atom is 0.137 e. The molecule has 1 heterocycles. The molecule has 0 aliphatic heterocycles. The monoisotopic (exact) mass is 207 g/mol. The lowest BCUT2D eigenvalue weighted by atomic mass is 9.80. The van der Waals surface area contributed by atoms with Crippen LogP contribution in [0.15, 0.2) is 18.5 Å². The van der Waals surface area contributed by atoms with Crippen molar-refractivity contribution in [3.63, 3.8) is 0 Å². The van der Waals surface area contributed by atoms with Crippen LogP contribution in [0.25, 0.3) is 0 Å². The van der Waals surface area contributed by atoms with Crippen molar-refractivity contribution in [1.82, 2.24) is 4.98 Å². The van der Waals surface area contributed by atoms with Crippen LogP contribution in [-0.4, -0.2) is 17.2 Å². The topological polar surface area (TPSA) is 42.4 Å². The molecule has 0 saturated heterocycles. The van der Waals surface area contributed by atoms with Crippen molar-refractivity contribution in [1.29, 1.82) is 0 Å². The summed E-state index contributed by atoms with van der Waals surface area (Å²) in [7, 11) is 1.62. The van der Waals surface area contributed by atoms with Gasteiger partial charge in [0.25, 0.3) is 0 Å². The van der Waals surface area contributed by atoms with Crippen LogP contribution in [0.1, 0.15) is 37.7 Å². The standard InChI is InChI=1S/C12H17NO2/c1-15-11-7-10(8-13-9-11)12(14)5-3-2-4-6-12/h7-9,14H,2-6H2,1H3. The van der Waals surface area contributed by atoms with Crippen LogP contribution in [0.3, 0.4) is 0 Å². The Kier molecular flexibility index (Phi) is 2.91. The van der Waals surface area contributed by atoms with E-state index in [-0.39, 0.29) is 0 Å². The Morgan fingerprint density at radius 1 is 1.27 bits per heavy atom. The van der Waals surface area contributed by atoms with Crippen molar-refractivity contribution in [2.75, 3.05) is 7.11 Å². The summed E-state index contributed by atoms with van der Waals surface area (Å²) < 4.78 is 5.12. The molecule has 0 amide bonds. The van der Waals surface area contributed by atoms with E-state index < -0.39 is 5.60 Å². The van der Waals surface area contributed by atoms with E-state index in [4.69, 9.17) is 4.74 Å². The van der Waals surface area contributed by atoms with E-state index in [9.17, 15) is 5.11 Å². The fourth-order valence-corrected chi connectivity index (χ4v) is 2.21. The highest BCUT2D eigenvalue weighted by atomic mass is 16.5. The summed E-state index contributed by atoms with van der Waals surface area (Å²) in [5.74, 6) is 0.714. The van der Waals surface area contributed by atoms with Gasteiger partial charge in [-0.05, 0) is 18.9 Å². The van der Waals surface area contributed by atoms with Crippen LogP contribution in [-0.2, 0) is 5.60 Å². The fourth-order valence-electron chi connectivity index (χ4n) is 2.21. The minimum atomic E-state index is -0.681. The van der Waals surface area contributed by atoms with Crippen molar-refractivity contribution in [3.8, 4) is 5.75 Å². The smallest absolute Gasteiger partial charge is 0.137 e. The number of hydrogen-bond acceptors (Lipinski definition) is 3. The number of pyridine rings is 1. The minimum absolute atomic E-state index is 0.681. The summed E-state index contributed by atoms with van der Waals surface area (Å²) in [5, 5.41) is 10.5. The first-order valence-electron chi connectivity index (χ1n) is 5.46. The highest BCUT2D eigenvalue weighted by Crippen LogP contribution is 2.37. The molecular formula is C12H17NO2. The second-order valence-corrected chi connectivity index (χ2v) is 4.21. The molecule has 2 rings (SSSR count). The second kappa shape index (κ2) is 4.19. The van der Waals surface area contributed by atoms with E-state index in [1.165, 1.54) is 6.42 Å². The van der Waals surface area contributed by atoms with Crippen LogP contribution in [0.2, 0.25) is 0 Å². The summed E-state index contributed by atoms with van der Waals surface area (Å²) in [6.07, 6.45) is 8.48. The lowest BCUT2D eigenvalue weighted by Crippen LogP contribution is -2.28. The average Bonchev–Trinajstić information content (AvgIpc) is 2.30. The van der Waals surface area contributed by atoms with Crippen LogP contribution in [0.5, 0.6) is 5.75 Å². The molecule has 82 valence electrons. The Balaban J connectivity index is 2.26. The molecule has 3 nitrogen and oxygen atoms in total. The maximum atomic E-state index is 10.5. The highest BCUT2D eigenvalue weighted by molar-refractivity contribution is 5.28. The number of methoxy groups -OCH3 is 1. The number of aliphatic hydroxyl groups is 1. The summed E-state index contributed by atoms with van der Waals surface area (Å²) in [6.45, 7) is 0. The quantitative estimate of drug-likeness (QED) is 0.808. The Labute approximate surface area is 90.1 Å². The van der Waals surface area contributed by atoms with Gasteiger partial charge < -0.3 is 9.84 Å². The largest absolute Gasteiger partial charge is 0.495 e. The Hall–Kier alpha value is -1.09. The third-order valence-electron chi connectivity index (χ3n) is 3.17. The summed E-state index contributed by atoms with van der Waals surface area (Å²) in [5.41, 5.74) is 0.210. The molecule has 1 aliphatic carbocycles. The van der Waals surface area contributed by atoms with Crippen molar-refractivity contribution in [3.05, 3.63) is 24.0 Å². The zero-order chi connectivity index (χ0) is 10.7. The van der Waals surface area contributed by atoms with E-state index in [0.29, 0.717) is 5.75 Å². The molecule has 0 aromatic carbocycles. The summed E-state index contributed by atoms with van der Waals surface area (Å²) >= 11 is 0. The first-order chi connectivity index (χ1) is 7.24. The lowest BCUT2D eigenvalue weighted by molar-refractivity contribution is -0.00110. The molecule has 1 saturated carbocycles. The van der Waals surface area contributed by atoms with Gasteiger partial charge in [0.15, 0.2) is 0 Å². The number of nitrogens with zero attached hydrogens (tertiary/aromatic N) is 1. The average molecular weight is 207 g/mol. The number of aromatic nitrogens is 1. The van der Waals surface area contributed by atoms with E-state index in [0.717, 1.165) is 31.2 Å². The van der Waals surface area contributed by atoms with Crippen LogP contribution in [0.4, 0.5) is 0 Å². The van der Waals surface area contributed by atoms with Crippen molar-refractivity contribution in [2.24, 2.45) is 0 Å². The fraction of sp³-hybridized carbons (Fsp3) is 0.583. The normalized spacial score (nSPS) is 19.9. The minimum Gasteiger partial charge on any atom is -0.495 e. The van der Waals surface area contributed by atoms with E-state index >= 15 is 0 Å². The molecule has 0 radical (unpaired) electrons. The lowest BCUT2D eigenvalue weighted by Gasteiger charge is -2.32. The predicted octanol–water partition coefficient (Wildman–Crippen LogP) is 2.24. The molecule has 3 heteroatoms. The molecule has 0 atom stereocenters. The Bertz CT molecular complexity index is 332. The van der Waals surface area contributed by atoms with E-state index in [1.54, 1.807) is 19.5 Å². The SMILES string of the molecule is COc1cncc(C2(O)CCCCC2)c1. The van der Waals surface area contributed by atoms with Gasteiger partial charge >= 0.3 is 0 Å². The zero-order valence-electron chi connectivity index (χ0n) is 9.07. The van der Waals surface area contributed by atoms with Gasteiger partial charge in [-0.25, -0.2) is 0 Å². The third kappa shape index (κ3) is 2.12. The Morgan fingerprint density at radius 3 is 2.67 bits per heavy atom. The number of ether oxygens (including phenoxy) is 1. The van der Waals surface area contributed by atoms with Gasteiger partial charge in [0.1, 0.15) is 5.75 Å². The molecule has 1 aromatic heterocycles. The third-order valence-corrected chi connectivity index (χ3v) is 3.17. The molecule has 1 aromatic rings. The van der Waals surface area contributed by atoms with Gasteiger partial charge in [-0.15, -0.1) is 0 Å². The summed E-state index contributed by atoms with van der Waals surface area (Å²) in [6, 6.07) is 1.89. The van der Waals surface area contributed by atoms with Gasteiger partial charge in [-0.2, -0.15) is 0 Å².